The fraction of sp³-hybridized carbons (Fsp3) is 0.259. The number of nitrogens with zero attached hydrogens (tertiary/aromatic N) is 1. The van der Waals surface area contributed by atoms with Crippen molar-refractivity contribution in [2.24, 2.45) is 0 Å². The molecule has 0 bridgehead atoms. The number of ketones is 1. The van der Waals surface area contributed by atoms with Gasteiger partial charge in [-0.25, -0.2) is 8.42 Å². The summed E-state index contributed by atoms with van der Waals surface area (Å²) in [5.41, 5.74) is 1.74. The SMILES string of the molecule is COc1ccc(S(=O)(=O)N2CCCC2)cc1CCC(=O)Nc1ccc(Cl)cc1C(=O)c1ccccc1. The van der Waals surface area contributed by atoms with Gasteiger partial charge < -0.3 is 10.1 Å². The van der Waals surface area contributed by atoms with Crippen molar-refractivity contribution in [1.29, 1.82) is 0 Å². The van der Waals surface area contributed by atoms with Gasteiger partial charge in [0.2, 0.25) is 15.9 Å². The number of hydrogen-bond acceptors (Lipinski definition) is 5. The van der Waals surface area contributed by atoms with Crippen LogP contribution < -0.4 is 10.1 Å². The Morgan fingerprint density at radius 1 is 1.00 bits per heavy atom. The fourth-order valence-corrected chi connectivity index (χ4v) is 5.95. The Morgan fingerprint density at radius 3 is 2.42 bits per heavy atom. The van der Waals surface area contributed by atoms with Crippen molar-refractivity contribution in [1.82, 2.24) is 4.31 Å². The number of nitrogens with one attached hydrogen (secondary N) is 1. The van der Waals surface area contributed by atoms with Crippen LogP contribution in [0, 0.1) is 0 Å². The van der Waals surface area contributed by atoms with Gasteiger partial charge >= 0.3 is 0 Å². The van der Waals surface area contributed by atoms with Gasteiger partial charge in [0.1, 0.15) is 5.75 Å². The van der Waals surface area contributed by atoms with Crippen LogP contribution in [0.1, 0.15) is 40.7 Å². The number of amides is 1. The Hall–Kier alpha value is -3.20. The minimum atomic E-state index is -3.59. The maximum Gasteiger partial charge on any atom is 0.243 e. The molecule has 4 rings (SSSR count). The first-order chi connectivity index (χ1) is 17.3. The predicted octanol–water partition coefficient (Wildman–Crippen LogP) is 4.94. The van der Waals surface area contributed by atoms with E-state index in [0.29, 0.717) is 46.2 Å². The van der Waals surface area contributed by atoms with Gasteiger partial charge in [-0.05, 0) is 61.2 Å². The Bertz CT molecular complexity index is 1370. The number of methoxy groups -OCH3 is 1. The highest BCUT2D eigenvalue weighted by Gasteiger charge is 2.28. The topological polar surface area (TPSA) is 92.8 Å². The normalized spacial score (nSPS) is 13.9. The number of carbonyl (C=O) groups excluding carboxylic acids is 2. The molecule has 0 saturated carbocycles. The van der Waals surface area contributed by atoms with E-state index in [9.17, 15) is 18.0 Å². The molecule has 0 aliphatic carbocycles. The summed E-state index contributed by atoms with van der Waals surface area (Å²) in [6.07, 6.45) is 2.02. The summed E-state index contributed by atoms with van der Waals surface area (Å²) in [5.74, 6) is -0.0706. The first kappa shape index (κ1) is 25.9. The zero-order chi connectivity index (χ0) is 25.7. The highest BCUT2D eigenvalue weighted by molar-refractivity contribution is 7.89. The lowest BCUT2D eigenvalue weighted by Gasteiger charge is -2.17. The van der Waals surface area contributed by atoms with E-state index in [1.165, 1.54) is 23.5 Å². The van der Waals surface area contributed by atoms with Crippen LogP contribution in [0.5, 0.6) is 5.75 Å². The standard InChI is InChI=1S/C27H27ClN2O5S/c1-35-25-13-11-22(36(33,34)30-15-5-6-16-30)17-20(25)9-14-26(31)29-24-12-10-21(28)18-23(24)27(32)19-7-3-2-4-8-19/h2-4,7-8,10-13,17-18H,5-6,9,14-16H2,1H3,(H,29,31). The van der Waals surface area contributed by atoms with E-state index in [0.717, 1.165) is 12.8 Å². The molecule has 3 aromatic rings. The van der Waals surface area contributed by atoms with Gasteiger partial charge in [-0.2, -0.15) is 4.31 Å². The average molecular weight is 527 g/mol. The molecule has 1 fully saturated rings. The summed E-state index contributed by atoms with van der Waals surface area (Å²) in [7, 11) is -2.09. The monoisotopic (exact) mass is 526 g/mol. The Balaban J connectivity index is 1.50. The van der Waals surface area contributed by atoms with Crippen molar-refractivity contribution >= 4 is 39.0 Å². The second-order valence-electron chi connectivity index (χ2n) is 8.52. The van der Waals surface area contributed by atoms with Gasteiger partial charge in [0.15, 0.2) is 5.78 Å². The van der Waals surface area contributed by atoms with Crippen LogP contribution in [0.2, 0.25) is 5.02 Å². The zero-order valence-electron chi connectivity index (χ0n) is 19.9. The van der Waals surface area contributed by atoms with Crippen LogP contribution in [0.15, 0.2) is 71.6 Å². The van der Waals surface area contributed by atoms with Crippen LogP contribution in [0.3, 0.4) is 0 Å². The minimum Gasteiger partial charge on any atom is -0.496 e. The molecular weight excluding hydrogens is 500 g/mol. The van der Waals surface area contributed by atoms with Crippen LogP contribution in [-0.2, 0) is 21.2 Å². The number of rotatable bonds is 9. The molecule has 0 spiro atoms. The zero-order valence-corrected chi connectivity index (χ0v) is 21.4. The van der Waals surface area contributed by atoms with E-state index in [-0.39, 0.29) is 29.4 Å². The largest absolute Gasteiger partial charge is 0.496 e. The van der Waals surface area contributed by atoms with Gasteiger partial charge in [-0.1, -0.05) is 41.9 Å². The summed E-state index contributed by atoms with van der Waals surface area (Å²) >= 11 is 6.13. The lowest BCUT2D eigenvalue weighted by Crippen LogP contribution is -2.28. The number of carbonyl (C=O) groups is 2. The number of benzene rings is 3. The molecule has 9 heteroatoms. The van der Waals surface area contributed by atoms with Crippen molar-refractivity contribution in [3.05, 3.63) is 88.4 Å². The number of sulfonamides is 1. The molecule has 1 amide bonds. The Kier molecular flexibility index (Phi) is 8.08. The average Bonchev–Trinajstić information content (AvgIpc) is 3.44. The third kappa shape index (κ3) is 5.78. The van der Waals surface area contributed by atoms with Crippen LogP contribution in [0.25, 0.3) is 0 Å². The van der Waals surface area contributed by atoms with E-state index >= 15 is 0 Å². The minimum absolute atomic E-state index is 0.0607. The Labute approximate surface area is 216 Å². The van der Waals surface area contributed by atoms with Gasteiger partial charge in [-0.15, -0.1) is 0 Å². The van der Waals surface area contributed by atoms with Crippen molar-refractivity contribution < 1.29 is 22.7 Å². The molecule has 1 N–H and O–H groups in total. The number of hydrogen-bond donors (Lipinski definition) is 1. The van der Waals surface area contributed by atoms with Crippen LogP contribution in [0.4, 0.5) is 5.69 Å². The van der Waals surface area contributed by atoms with E-state index in [1.807, 2.05) is 6.07 Å². The van der Waals surface area contributed by atoms with Gasteiger partial charge in [0, 0.05) is 35.7 Å². The highest BCUT2D eigenvalue weighted by Crippen LogP contribution is 2.28. The highest BCUT2D eigenvalue weighted by atomic mass is 35.5. The predicted molar refractivity (Wildman–Crippen MR) is 139 cm³/mol. The molecule has 0 atom stereocenters. The second kappa shape index (κ2) is 11.2. The number of halogens is 1. The quantitative estimate of drug-likeness (QED) is 0.399. The van der Waals surface area contributed by atoms with Gasteiger partial charge in [0.05, 0.1) is 17.7 Å². The lowest BCUT2D eigenvalue weighted by atomic mass is 10.0. The van der Waals surface area contributed by atoms with E-state index in [2.05, 4.69) is 5.32 Å². The molecule has 188 valence electrons. The molecule has 0 radical (unpaired) electrons. The number of ether oxygens (including phenoxy) is 1. The van der Waals surface area contributed by atoms with Crippen LogP contribution >= 0.6 is 11.6 Å². The molecular formula is C27H27ClN2O5S. The number of anilines is 1. The van der Waals surface area contributed by atoms with E-state index < -0.39 is 10.0 Å². The molecule has 1 heterocycles. The Morgan fingerprint density at radius 2 is 1.72 bits per heavy atom. The maximum absolute atomic E-state index is 13.0. The second-order valence-corrected chi connectivity index (χ2v) is 10.9. The van der Waals surface area contributed by atoms with E-state index in [4.69, 9.17) is 16.3 Å². The fourth-order valence-electron chi connectivity index (χ4n) is 4.21. The third-order valence-corrected chi connectivity index (χ3v) is 8.24. The summed E-state index contributed by atoms with van der Waals surface area (Å²) in [6, 6.07) is 18.2. The van der Waals surface area contributed by atoms with E-state index in [1.54, 1.807) is 48.5 Å². The molecule has 0 aromatic heterocycles. The van der Waals surface area contributed by atoms with Crippen molar-refractivity contribution in [3.63, 3.8) is 0 Å². The smallest absolute Gasteiger partial charge is 0.243 e. The number of aryl methyl sites for hydroxylation is 1. The van der Waals surface area contributed by atoms with Crippen molar-refractivity contribution in [2.75, 3.05) is 25.5 Å². The lowest BCUT2D eigenvalue weighted by molar-refractivity contribution is -0.116. The molecule has 0 unspecified atom stereocenters. The molecule has 1 aliphatic heterocycles. The molecule has 1 aliphatic rings. The summed E-state index contributed by atoms with van der Waals surface area (Å²) < 4.78 is 32.8. The molecule has 3 aromatic carbocycles. The summed E-state index contributed by atoms with van der Waals surface area (Å²) in [5, 5.41) is 3.18. The first-order valence-electron chi connectivity index (χ1n) is 11.7. The third-order valence-electron chi connectivity index (χ3n) is 6.11. The maximum atomic E-state index is 13.0. The summed E-state index contributed by atoms with van der Waals surface area (Å²) in [6.45, 7) is 1.02. The van der Waals surface area contributed by atoms with Crippen molar-refractivity contribution in [2.45, 2.75) is 30.6 Å². The molecule has 36 heavy (non-hydrogen) atoms. The van der Waals surface area contributed by atoms with Crippen LogP contribution in [-0.4, -0.2) is 44.6 Å². The first-order valence-corrected chi connectivity index (χ1v) is 13.5. The summed E-state index contributed by atoms with van der Waals surface area (Å²) in [4.78, 5) is 26.1. The molecule has 7 nitrogen and oxygen atoms in total. The van der Waals surface area contributed by atoms with Gasteiger partial charge in [0.25, 0.3) is 0 Å². The van der Waals surface area contributed by atoms with Gasteiger partial charge in [-0.3, -0.25) is 9.59 Å². The molecule has 1 saturated heterocycles. The van der Waals surface area contributed by atoms with Crippen molar-refractivity contribution in [3.8, 4) is 5.75 Å².